The molecule has 7 rings (SSSR count). The van der Waals surface area contributed by atoms with Crippen molar-refractivity contribution < 1.29 is 23.0 Å². The summed E-state index contributed by atoms with van der Waals surface area (Å²) in [6.07, 6.45) is 9.18. The highest BCUT2D eigenvalue weighted by molar-refractivity contribution is 6.15. The smallest absolute Gasteiger partial charge is 0.194 e. The van der Waals surface area contributed by atoms with Crippen molar-refractivity contribution in [1.82, 2.24) is 14.7 Å². The number of rotatable bonds is 8. The molecule has 0 amide bonds. The van der Waals surface area contributed by atoms with E-state index in [1.165, 1.54) is 42.3 Å². The van der Waals surface area contributed by atoms with E-state index in [4.69, 9.17) is 15.2 Å². The van der Waals surface area contributed by atoms with Crippen LogP contribution in [0.5, 0.6) is 17.2 Å². The maximum atomic E-state index is 15.1. The van der Waals surface area contributed by atoms with Gasteiger partial charge in [-0.1, -0.05) is 18.6 Å². The van der Waals surface area contributed by atoms with Crippen LogP contribution in [0.1, 0.15) is 59.2 Å². The fourth-order valence-corrected chi connectivity index (χ4v) is 6.31. The van der Waals surface area contributed by atoms with Gasteiger partial charge in [0, 0.05) is 31.1 Å². The summed E-state index contributed by atoms with van der Waals surface area (Å²) in [7, 11) is 0. The first-order valence-electron chi connectivity index (χ1n) is 15.2. The molecule has 0 radical (unpaired) electrons. The minimum absolute atomic E-state index is 0.0141. The van der Waals surface area contributed by atoms with Gasteiger partial charge in [-0.05, 0) is 97.8 Å². The van der Waals surface area contributed by atoms with Crippen LogP contribution in [0.2, 0.25) is 0 Å². The van der Waals surface area contributed by atoms with Crippen LogP contribution in [0.4, 0.5) is 14.6 Å². The number of ether oxygens (including phenoxy) is 2. The Bertz CT molecular complexity index is 1770. The number of nitrogens with two attached hydrogens (primary N) is 1. The third-order valence-electron chi connectivity index (χ3n) is 9.07. The number of ketones is 1. The first-order valence-corrected chi connectivity index (χ1v) is 15.2. The average Bonchev–Trinajstić information content (AvgIpc) is 3.58. The Kier molecular flexibility index (Phi) is 7.42. The number of para-hydroxylation sites is 1. The molecule has 2 N–H and O–H groups in total. The number of carbonyl (C=O) groups excluding carboxylic acids is 1. The van der Waals surface area contributed by atoms with E-state index in [-0.39, 0.29) is 34.8 Å². The predicted octanol–water partition coefficient (Wildman–Crippen LogP) is 7.05. The summed E-state index contributed by atoms with van der Waals surface area (Å²) in [5, 5.41) is 4.37. The SMILES string of the molecule is Cc1cc(-n2ncc(C(=O)C3=Cc4cc(OC5CCN(C6CCC6)CC5)c(F)cc4C3)c2N)ccc1Oc1ccccc1F. The second kappa shape index (κ2) is 11.5. The Balaban J connectivity index is 1.04. The van der Waals surface area contributed by atoms with Gasteiger partial charge in [-0.2, -0.15) is 5.10 Å². The van der Waals surface area contributed by atoms with Crippen LogP contribution >= 0.6 is 0 Å². The highest BCUT2D eigenvalue weighted by atomic mass is 19.1. The molecule has 2 aliphatic carbocycles. The molecule has 2 heterocycles. The van der Waals surface area contributed by atoms with Crippen molar-refractivity contribution in [2.45, 2.75) is 57.6 Å². The highest BCUT2D eigenvalue weighted by Gasteiger charge is 2.30. The molecule has 1 saturated heterocycles. The topological polar surface area (TPSA) is 82.6 Å². The Morgan fingerprint density at radius 1 is 0.955 bits per heavy atom. The second-order valence-electron chi connectivity index (χ2n) is 11.9. The first kappa shape index (κ1) is 28.3. The van der Waals surface area contributed by atoms with Gasteiger partial charge in [-0.3, -0.25) is 4.79 Å². The molecular weight excluding hydrogens is 562 g/mol. The molecule has 0 unspecified atom stereocenters. The van der Waals surface area contributed by atoms with Crippen LogP contribution in [0.25, 0.3) is 11.8 Å². The van der Waals surface area contributed by atoms with Gasteiger partial charge in [-0.25, -0.2) is 13.5 Å². The van der Waals surface area contributed by atoms with Crippen LogP contribution < -0.4 is 15.2 Å². The fourth-order valence-electron chi connectivity index (χ4n) is 6.31. The van der Waals surface area contributed by atoms with Gasteiger partial charge in [0.05, 0.1) is 17.4 Å². The average molecular weight is 597 g/mol. The number of piperidine rings is 1. The molecule has 0 spiro atoms. The van der Waals surface area contributed by atoms with Gasteiger partial charge in [0.15, 0.2) is 28.9 Å². The van der Waals surface area contributed by atoms with E-state index in [2.05, 4.69) is 10.00 Å². The highest BCUT2D eigenvalue weighted by Crippen LogP contribution is 2.35. The lowest BCUT2D eigenvalue weighted by molar-refractivity contribution is 0.0477. The van der Waals surface area contributed by atoms with Crippen molar-refractivity contribution in [3.8, 4) is 22.9 Å². The number of benzene rings is 3. The maximum absolute atomic E-state index is 15.1. The molecule has 1 aromatic heterocycles. The molecule has 4 aromatic rings. The molecule has 0 atom stereocenters. The van der Waals surface area contributed by atoms with Gasteiger partial charge in [0.25, 0.3) is 0 Å². The number of nitrogen functional groups attached to an aromatic ring is 1. The second-order valence-corrected chi connectivity index (χ2v) is 11.9. The Morgan fingerprint density at radius 2 is 1.75 bits per heavy atom. The third kappa shape index (κ3) is 5.36. The van der Waals surface area contributed by atoms with Crippen molar-refractivity contribution in [1.29, 1.82) is 0 Å². The number of hydrogen-bond acceptors (Lipinski definition) is 6. The van der Waals surface area contributed by atoms with E-state index in [0.717, 1.165) is 42.6 Å². The zero-order chi connectivity index (χ0) is 30.4. The summed E-state index contributed by atoms with van der Waals surface area (Å²) < 4.78 is 42.5. The number of fused-ring (bicyclic) bond motifs is 1. The van der Waals surface area contributed by atoms with Crippen LogP contribution in [0.3, 0.4) is 0 Å². The number of aromatic nitrogens is 2. The molecule has 3 aliphatic rings. The molecule has 7 nitrogen and oxygen atoms in total. The zero-order valence-corrected chi connectivity index (χ0v) is 24.6. The summed E-state index contributed by atoms with van der Waals surface area (Å²) in [5.74, 6) is -0.0681. The summed E-state index contributed by atoms with van der Waals surface area (Å²) in [6.45, 7) is 3.81. The summed E-state index contributed by atoms with van der Waals surface area (Å²) >= 11 is 0. The summed E-state index contributed by atoms with van der Waals surface area (Å²) in [6, 6.07) is 15.4. The number of halogens is 2. The molecule has 0 bridgehead atoms. The number of hydrogen-bond donors (Lipinski definition) is 1. The van der Waals surface area contributed by atoms with Crippen LogP contribution in [0.15, 0.2) is 66.4 Å². The van der Waals surface area contributed by atoms with Gasteiger partial charge in [0.2, 0.25) is 0 Å². The number of allylic oxidation sites excluding steroid dienone is 1. The van der Waals surface area contributed by atoms with E-state index in [1.807, 2.05) is 6.92 Å². The molecule has 9 heteroatoms. The molecule has 2 fully saturated rings. The largest absolute Gasteiger partial charge is 0.487 e. The number of anilines is 1. The lowest BCUT2D eigenvalue weighted by atomic mass is 9.90. The van der Waals surface area contributed by atoms with E-state index in [1.54, 1.807) is 48.5 Å². The van der Waals surface area contributed by atoms with E-state index < -0.39 is 11.6 Å². The predicted molar refractivity (Wildman–Crippen MR) is 164 cm³/mol. The van der Waals surface area contributed by atoms with Crippen molar-refractivity contribution in [2.24, 2.45) is 0 Å². The number of carbonyl (C=O) groups is 1. The van der Waals surface area contributed by atoms with Crippen molar-refractivity contribution in [3.05, 3.63) is 100 Å². The van der Waals surface area contributed by atoms with Crippen molar-refractivity contribution >= 4 is 17.7 Å². The summed E-state index contributed by atoms with van der Waals surface area (Å²) in [5.41, 5.74) is 10.1. The molecule has 1 aliphatic heterocycles. The molecule has 1 saturated carbocycles. The van der Waals surface area contributed by atoms with E-state index in [0.29, 0.717) is 29.5 Å². The monoisotopic (exact) mass is 596 g/mol. The Hall–Kier alpha value is -4.50. The molecular formula is C35H34F2N4O3. The molecule has 44 heavy (non-hydrogen) atoms. The van der Waals surface area contributed by atoms with Crippen molar-refractivity contribution in [2.75, 3.05) is 18.8 Å². The first-order chi connectivity index (χ1) is 21.3. The minimum Gasteiger partial charge on any atom is -0.487 e. The minimum atomic E-state index is -0.454. The maximum Gasteiger partial charge on any atom is 0.194 e. The third-order valence-corrected chi connectivity index (χ3v) is 9.07. The standard InChI is InChI=1S/C35H34F2N4O3/c1-21-15-26(9-10-31(21)44-32-8-3-2-7-29(32)36)41-35(38)28(20-39-41)34(42)24-16-22-18-30(37)33(19-23(22)17-24)43-27-11-13-40(14-12-27)25-5-4-6-25/h2-3,7-10,15,17-20,25,27H,4-6,11-14,16,38H2,1H3. The normalized spacial score (nSPS) is 17.2. The number of nitrogens with zero attached hydrogens (tertiary/aromatic N) is 3. The van der Waals surface area contributed by atoms with Gasteiger partial charge in [0.1, 0.15) is 17.7 Å². The van der Waals surface area contributed by atoms with Crippen LogP contribution in [0, 0.1) is 18.6 Å². The van der Waals surface area contributed by atoms with Gasteiger partial charge in [-0.15, -0.1) is 0 Å². The van der Waals surface area contributed by atoms with Gasteiger partial charge < -0.3 is 20.1 Å². The van der Waals surface area contributed by atoms with Crippen LogP contribution in [-0.2, 0) is 6.42 Å². The van der Waals surface area contributed by atoms with E-state index >= 15 is 4.39 Å². The number of Topliss-reactive ketones (excluding diaryl/α,β-unsaturated/α-hetero) is 1. The van der Waals surface area contributed by atoms with Crippen LogP contribution in [-0.4, -0.2) is 45.7 Å². The zero-order valence-electron chi connectivity index (χ0n) is 24.6. The molecule has 3 aromatic carbocycles. The Morgan fingerprint density at radius 3 is 2.48 bits per heavy atom. The molecule has 226 valence electrons. The lowest BCUT2D eigenvalue weighted by Crippen LogP contribution is -2.46. The number of likely N-dealkylation sites (tertiary alicyclic amines) is 1. The fraction of sp³-hybridized carbons (Fsp3) is 0.314. The number of aryl methyl sites for hydroxylation is 1. The summed E-state index contributed by atoms with van der Waals surface area (Å²) in [4.78, 5) is 16.1. The van der Waals surface area contributed by atoms with E-state index in [9.17, 15) is 9.18 Å². The lowest BCUT2D eigenvalue weighted by Gasteiger charge is -2.41. The Labute approximate surface area is 254 Å². The quantitative estimate of drug-likeness (QED) is 0.220. The van der Waals surface area contributed by atoms with Crippen molar-refractivity contribution in [3.63, 3.8) is 0 Å². The van der Waals surface area contributed by atoms with Gasteiger partial charge >= 0.3 is 0 Å².